The van der Waals surface area contributed by atoms with E-state index in [4.69, 9.17) is 9.57 Å². The lowest BCUT2D eigenvalue weighted by Crippen LogP contribution is -2.27. The van der Waals surface area contributed by atoms with Crippen molar-refractivity contribution >= 4 is 5.91 Å². The van der Waals surface area contributed by atoms with E-state index in [2.05, 4.69) is 5.48 Å². The predicted molar refractivity (Wildman–Crippen MR) is 70.2 cm³/mol. The highest BCUT2D eigenvalue weighted by molar-refractivity contribution is 5.77. The zero-order chi connectivity index (χ0) is 13.4. The summed E-state index contributed by atoms with van der Waals surface area (Å²) >= 11 is 0. The molecule has 0 spiro atoms. The van der Waals surface area contributed by atoms with Gasteiger partial charge in [0.05, 0.1) is 19.6 Å². The minimum atomic E-state index is -0.139. The zero-order valence-corrected chi connectivity index (χ0v) is 11.2. The summed E-state index contributed by atoms with van der Waals surface area (Å²) in [5.74, 6) is 1.08. The largest absolute Gasteiger partial charge is 0.494 e. The Morgan fingerprint density at radius 1 is 1.28 bits per heavy atom. The molecule has 1 amide bonds. The normalized spacial score (nSPS) is 10.4. The van der Waals surface area contributed by atoms with Crippen LogP contribution in [0.2, 0.25) is 0 Å². The van der Waals surface area contributed by atoms with Crippen LogP contribution in [0.3, 0.4) is 0 Å². The highest BCUT2D eigenvalue weighted by Gasteiger charge is 2.04. The molecule has 0 bridgehead atoms. The number of rotatable bonds is 7. The quantitative estimate of drug-likeness (QED) is 0.757. The minimum Gasteiger partial charge on any atom is -0.494 e. The number of hydroxylamine groups is 1. The lowest BCUT2D eigenvalue weighted by Gasteiger charge is -2.08. The molecule has 0 heterocycles. The molecule has 4 heteroatoms. The Labute approximate surface area is 108 Å². The third-order valence-electron chi connectivity index (χ3n) is 2.20. The number of nitrogens with one attached hydrogen (secondary N) is 1. The molecule has 4 nitrogen and oxygen atoms in total. The second-order valence-electron chi connectivity index (χ2n) is 4.48. The van der Waals surface area contributed by atoms with Gasteiger partial charge >= 0.3 is 0 Å². The summed E-state index contributed by atoms with van der Waals surface area (Å²) in [5, 5.41) is 0. The molecule has 0 aliphatic carbocycles. The highest BCUT2D eigenvalue weighted by Crippen LogP contribution is 2.12. The van der Waals surface area contributed by atoms with E-state index in [0.29, 0.717) is 25.6 Å². The van der Waals surface area contributed by atoms with Crippen LogP contribution >= 0.6 is 0 Å². The van der Waals surface area contributed by atoms with Crippen molar-refractivity contribution in [3.05, 3.63) is 29.8 Å². The Kier molecular flexibility index (Phi) is 6.22. The fourth-order valence-corrected chi connectivity index (χ4v) is 1.38. The number of carbonyl (C=O) groups is 1. The maximum absolute atomic E-state index is 11.5. The minimum absolute atomic E-state index is 0.139. The van der Waals surface area contributed by atoms with E-state index in [1.165, 1.54) is 0 Å². The van der Waals surface area contributed by atoms with Crippen LogP contribution < -0.4 is 10.2 Å². The van der Waals surface area contributed by atoms with Gasteiger partial charge in [-0.3, -0.25) is 9.63 Å². The fraction of sp³-hybridized carbons (Fsp3) is 0.500. The maximum atomic E-state index is 11.5. The van der Waals surface area contributed by atoms with Crippen LogP contribution in [0.15, 0.2) is 24.3 Å². The van der Waals surface area contributed by atoms with Gasteiger partial charge in [0, 0.05) is 0 Å². The molecule has 0 aromatic heterocycles. The molecule has 0 aliphatic heterocycles. The average molecular weight is 251 g/mol. The van der Waals surface area contributed by atoms with Gasteiger partial charge in [-0.25, -0.2) is 5.48 Å². The molecule has 0 saturated carbocycles. The van der Waals surface area contributed by atoms with E-state index < -0.39 is 0 Å². The van der Waals surface area contributed by atoms with E-state index >= 15 is 0 Å². The van der Waals surface area contributed by atoms with Crippen molar-refractivity contribution in [2.75, 3.05) is 13.2 Å². The lowest BCUT2D eigenvalue weighted by molar-refractivity contribution is -0.133. The molecule has 100 valence electrons. The van der Waals surface area contributed by atoms with Crippen LogP contribution in [0.1, 0.15) is 26.3 Å². The first-order valence-corrected chi connectivity index (χ1v) is 6.24. The molecule has 1 aromatic carbocycles. The van der Waals surface area contributed by atoms with Crippen LogP contribution in [0.4, 0.5) is 0 Å². The van der Waals surface area contributed by atoms with E-state index in [1.54, 1.807) is 0 Å². The molecule has 0 radical (unpaired) electrons. The summed E-state index contributed by atoms with van der Waals surface area (Å²) in [4.78, 5) is 16.6. The van der Waals surface area contributed by atoms with Crippen molar-refractivity contribution < 1.29 is 14.4 Å². The molecule has 0 aliphatic rings. The molecular weight excluding hydrogens is 230 g/mol. The zero-order valence-electron chi connectivity index (χ0n) is 11.2. The third kappa shape index (κ3) is 5.68. The van der Waals surface area contributed by atoms with Crippen LogP contribution in [-0.2, 0) is 16.1 Å². The second-order valence-corrected chi connectivity index (χ2v) is 4.48. The molecule has 0 unspecified atom stereocenters. The van der Waals surface area contributed by atoms with E-state index in [9.17, 15) is 4.79 Å². The van der Waals surface area contributed by atoms with Crippen molar-refractivity contribution in [3.63, 3.8) is 0 Å². The molecule has 0 fully saturated rings. The monoisotopic (exact) mass is 251 g/mol. The Balaban J connectivity index is 2.35. The van der Waals surface area contributed by atoms with Gasteiger partial charge < -0.3 is 4.74 Å². The summed E-state index contributed by atoms with van der Waals surface area (Å²) in [6.07, 6.45) is 0.310. The molecule has 0 saturated heterocycles. The molecule has 0 atom stereocenters. The van der Waals surface area contributed by atoms with Gasteiger partial charge in [-0.1, -0.05) is 26.0 Å². The van der Waals surface area contributed by atoms with Gasteiger partial charge in [-0.2, -0.15) is 0 Å². The molecule has 1 rings (SSSR count). The Morgan fingerprint density at radius 2 is 1.94 bits per heavy atom. The van der Waals surface area contributed by atoms with Gasteiger partial charge in [0.15, 0.2) is 0 Å². The number of hydrogen-bond acceptors (Lipinski definition) is 3. The Hall–Kier alpha value is -1.55. The van der Waals surface area contributed by atoms with Crippen molar-refractivity contribution in [3.8, 4) is 5.75 Å². The SMILES string of the molecule is CCOc1ccc(CC(=O)NOCC(C)C)cc1. The van der Waals surface area contributed by atoms with E-state index in [0.717, 1.165) is 11.3 Å². The smallest absolute Gasteiger partial charge is 0.247 e. The van der Waals surface area contributed by atoms with Gasteiger partial charge in [0.25, 0.3) is 0 Å². The number of amides is 1. The lowest BCUT2D eigenvalue weighted by atomic mass is 10.1. The van der Waals surface area contributed by atoms with Crippen LogP contribution in [0.5, 0.6) is 5.75 Å². The Morgan fingerprint density at radius 3 is 2.50 bits per heavy atom. The molecule has 1 N–H and O–H groups in total. The Bertz CT molecular complexity index is 360. The first-order valence-electron chi connectivity index (χ1n) is 6.24. The topological polar surface area (TPSA) is 47.6 Å². The predicted octanol–water partition coefficient (Wildman–Crippen LogP) is 2.33. The van der Waals surface area contributed by atoms with Gasteiger partial charge in [0.1, 0.15) is 5.75 Å². The van der Waals surface area contributed by atoms with Gasteiger partial charge in [0.2, 0.25) is 5.91 Å². The van der Waals surface area contributed by atoms with Crippen molar-refractivity contribution in [2.24, 2.45) is 5.92 Å². The number of ether oxygens (including phenoxy) is 1. The first kappa shape index (κ1) is 14.5. The summed E-state index contributed by atoms with van der Waals surface area (Å²) in [6.45, 7) is 7.16. The maximum Gasteiger partial charge on any atom is 0.247 e. The number of carbonyl (C=O) groups excluding carboxylic acids is 1. The van der Waals surface area contributed by atoms with Crippen molar-refractivity contribution in [2.45, 2.75) is 27.2 Å². The standard InChI is InChI=1S/C14H21NO3/c1-4-17-13-7-5-12(6-8-13)9-14(16)15-18-10-11(2)3/h5-8,11H,4,9-10H2,1-3H3,(H,15,16). The van der Waals surface area contributed by atoms with Crippen LogP contribution in [0.25, 0.3) is 0 Å². The highest BCUT2D eigenvalue weighted by atomic mass is 16.6. The van der Waals surface area contributed by atoms with Crippen LogP contribution in [-0.4, -0.2) is 19.1 Å². The summed E-state index contributed by atoms with van der Waals surface area (Å²) < 4.78 is 5.33. The van der Waals surface area contributed by atoms with E-state index in [1.807, 2.05) is 45.0 Å². The van der Waals surface area contributed by atoms with E-state index in [-0.39, 0.29) is 5.91 Å². The summed E-state index contributed by atoms with van der Waals surface area (Å²) in [6, 6.07) is 7.49. The van der Waals surface area contributed by atoms with Crippen molar-refractivity contribution in [1.29, 1.82) is 0 Å². The average Bonchev–Trinajstić information content (AvgIpc) is 2.31. The summed E-state index contributed by atoms with van der Waals surface area (Å²) in [7, 11) is 0. The number of benzene rings is 1. The molecule has 18 heavy (non-hydrogen) atoms. The first-order chi connectivity index (χ1) is 8.61. The number of hydrogen-bond donors (Lipinski definition) is 1. The molecular formula is C14H21NO3. The third-order valence-corrected chi connectivity index (χ3v) is 2.20. The fourth-order valence-electron chi connectivity index (χ4n) is 1.38. The van der Waals surface area contributed by atoms with Gasteiger partial charge in [-0.05, 0) is 30.5 Å². The molecule has 1 aromatic rings. The summed E-state index contributed by atoms with van der Waals surface area (Å²) in [5.41, 5.74) is 3.37. The van der Waals surface area contributed by atoms with Crippen molar-refractivity contribution in [1.82, 2.24) is 5.48 Å². The van der Waals surface area contributed by atoms with Crippen LogP contribution in [0, 0.1) is 5.92 Å². The van der Waals surface area contributed by atoms with Gasteiger partial charge in [-0.15, -0.1) is 0 Å². The second kappa shape index (κ2) is 7.71.